The van der Waals surface area contributed by atoms with Crippen molar-refractivity contribution in [2.24, 2.45) is 7.05 Å². The largest absolute Gasteiger partial charge is 0.456 e. The van der Waals surface area contributed by atoms with Gasteiger partial charge < -0.3 is 4.42 Å². The summed E-state index contributed by atoms with van der Waals surface area (Å²) in [6.45, 7) is 2.09. The summed E-state index contributed by atoms with van der Waals surface area (Å²) < 4.78 is 8.09. The first-order valence-electron chi connectivity index (χ1n) is 7.50. The van der Waals surface area contributed by atoms with Gasteiger partial charge in [-0.3, -0.25) is 0 Å². The fraction of sp³-hybridized carbons (Fsp3) is 0.100. The molecule has 0 aliphatic heterocycles. The van der Waals surface area contributed by atoms with Crippen LogP contribution in [0.4, 0.5) is 0 Å². The van der Waals surface area contributed by atoms with Crippen molar-refractivity contribution < 1.29 is 8.98 Å². The van der Waals surface area contributed by atoms with Gasteiger partial charge in [0, 0.05) is 22.9 Å². The minimum atomic E-state index is 0.652. The molecule has 0 N–H and O–H groups in total. The van der Waals surface area contributed by atoms with Gasteiger partial charge in [0.2, 0.25) is 5.69 Å². The first kappa shape index (κ1) is 13.5. The van der Waals surface area contributed by atoms with Gasteiger partial charge in [-0.05, 0) is 42.8 Å². The van der Waals surface area contributed by atoms with E-state index in [-0.39, 0.29) is 0 Å². The average Bonchev–Trinajstić information content (AvgIpc) is 2.92. The first-order chi connectivity index (χ1) is 11.2. The monoisotopic (exact) mass is 299 g/mol. The molecule has 0 bridgehead atoms. The lowest BCUT2D eigenvalue weighted by Crippen LogP contribution is -2.30. The van der Waals surface area contributed by atoms with Gasteiger partial charge >= 0.3 is 0 Å². The Labute approximate surface area is 134 Å². The molecule has 3 nitrogen and oxygen atoms in total. The Hall–Kier alpha value is -3.12. The Morgan fingerprint density at radius 2 is 1.91 bits per heavy atom. The Balaban J connectivity index is 2.08. The third-order valence-corrected chi connectivity index (χ3v) is 4.29. The van der Waals surface area contributed by atoms with Crippen molar-refractivity contribution >= 4 is 21.9 Å². The fourth-order valence-electron chi connectivity index (χ4n) is 3.15. The second kappa shape index (κ2) is 4.96. The number of pyridine rings is 1. The maximum absolute atomic E-state index is 9.36. The molecule has 0 aliphatic carbocycles. The number of hydrogen-bond acceptors (Lipinski definition) is 2. The van der Waals surface area contributed by atoms with E-state index in [0.717, 1.165) is 38.8 Å². The van der Waals surface area contributed by atoms with Crippen LogP contribution in [0.2, 0.25) is 0 Å². The summed E-state index contributed by atoms with van der Waals surface area (Å²) in [6.07, 6.45) is 2.03. The zero-order valence-corrected chi connectivity index (χ0v) is 13.0. The molecule has 2 aromatic heterocycles. The van der Waals surface area contributed by atoms with Crippen molar-refractivity contribution in [3.8, 4) is 17.3 Å². The van der Waals surface area contributed by atoms with Crippen LogP contribution in [0.1, 0.15) is 11.1 Å². The van der Waals surface area contributed by atoms with E-state index in [2.05, 4.69) is 35.8 Å². The van der Waals surface area contributed by atoms with Gasteiger partial charge in [-0.1, -0.05) is 6.07 Å². The molecular formula is C20H15N2O+. The van der Waals surface area contributed by atoms with E-state index >= 15 is 0 Å². The number of fused-ring (bicyclic) bond motifs is 3. The molecule has 4 aromatic rings. The highest BCUT2D eigenvalue weighted by Gasteiger charge is 2.17. The minimum Gasteiger partial charge on any atom is -0.456 e. The van der Waals surface area contributed by atoms with Crippen molar-refractivity contribution in [1.29, 1.82) is 5.26 Å². The maximum Gasteiger partial charge on any atom is 0.212 e. The molecular weight excluding hydrogens is 284 g/mol. The van der Waals surface area contributed by atoms with Gasteiger partial charge in [0.25, 0.3) is 0 Å². The molecule has 0 fully saturated rings. The van der Waals surface area contributed by atoms with Crippen LogP contribution in [-0.4, -0.2) is 0 Å². The predicted molar refractivity (Wildman–Crippen MR) is 89.8 cm³/mol. The Morgan fingerprint density at radius 1 is 1.04 bits per heavy atom. The summed E-state index contributed by atoms with van der Waals surface area (Å²) in [5, 5.41) is 11.3. The number of nitrogens with zero attached hydrogens (tertiary/aromatic N) is 2. The number of rotatable bonds is 1. The summed E-state index contributed by atoms with van der Waals surface area (Å²) >= 11 is 0. The van der Waals surface area contributed by atoms with E-state index in [1.807, 2.05) is 43.6 Å². The van der Waals surface area contributed by atoms with Crippen LogP contribution in [0.15, 0.2) is 59.1 Å². The number of hydrogen-bond donors (Lipinski definition) is 0. The van der Waals surface area contributed by atoms with Crippen molar-refractivity contribution in [2.45, 2.75) is 6.92 Å². The third-order valence-electron chi connectivity index (χ3n) is 4.29. The van der Waals surface area contributed by atoms with E-state index < -0.39 is 0 Å². The van der Waals surface area contributed by atoms with Crippen LogP contribution < -0.4 is 4.57 Å². The van der Waals surface area contributed by atoms with Crippen LogP contribution in [0.5, 0.6) is 0 Å². The summed E-state index contributed by atoms with van der Waals surface area (Å²) in [7, 11) is 2.03. The number of aryl methyl sites for hydroxylation is 2. The number of benzene rings is 2. The second-order valence-corrected chi connectivity index (χ2v) is 5.75. The molecule has 0 radical (unpaired) electrons. The van der Waals surface area contributed by atoms with Crippen LogP contribution in [0, 0.1) is 18.3 Å². The zero-order chi connectivity index (χ0) is 16.0. The number of furan rings is 1. The van der Waals surface area contributed by atoms with Gasteiger partial charge in [0.05, 0.1) is 17.2 Å². The molecule has 0 saturated heterocycles. The second-order valence-electron chi connectivity index (χ2n) is 5.75. The zero-order valence-electron chi connectivity index (χ0n) is 13.0. The Bertz CT molecular complexity index is 1100. The smallest absolute Gasteiger partial charge is 0.212 e. The van der Waals surface area contributed by atoms with E-state index in [4.69, 9.17) is 4.42 Å². The molecule has 2 aromatic carbocycles. The molecule has 0 amide bonds. The van der Waals surface area contributed by atoms with E-state index in [0.29, 0.717) is 5.56 Å². The molecule has 0 saturated carbocycles. The molecule has 23 heavy (non-hydrogen) atoms. The fourth-order valence-corrected chi connectivity index (χ4v) is 3.15. The third kappa shape index (κ3) is 2.00. The lowest BCUT2D eigenvalue weighted by molar-refractivity contribution is -0.660. The molecule has 3 heteroatoms. The molecule has 0 unspecified atom stereocenters. The molecule has 2 heterocycles. The summed E-state index contributed by atoms with van der Waals surface area (Å²) in [5.41, 5.74) is 5.65. The van der Waals surface area contributed by atoms with Gasteiger partial charge in [0.15, 0.2) is 6.20 Å². The molecule has 0 aliphatic rings. The highest BCUT2D eigenvalue weighted by atomic mass is 16.3. The normalized spacial score (nSPS) is 11.0. The number of nitriles is 1. The molecule has 0 spiro atoms. The van der Waals surface area contributed by atoms with Crippen LogP contribution in [0.25, 0.3) is 33.2 Å². The SMILES string of the molecule is Cc1cc2c(cc1-c1cccc[n+]1C)oc1cccc(C#N)c12. The van der Waals surface area contributed by atoms with E-state index in [1.54, 1.807) is 0 Å². The van der Waals surface area contributed by atoms with Crippen molar-refractivity contribution in [2.75, 3.05) is 0 Å². The van der Waals surface area contributed by atoms with Gasteiger partial charge in [-0.2, -0.15) is 5.26 Å². The highest BCUT2D eigenvalue weighted by molar-refractivity contribution is 6.08. The van der Waals surface area contributed by atoms with Gasteiger partial charge in [0.1, 0.15) is 18.2 Å². The first-order valence-corrected chi connectivity index (χ1v) is 7.50. The Morgan fingerprint density at radius 3 is 2.70 bits per heavy atom. The average molecular weight is 299 g/mol. The topological polar surface area (TPSA) is 40.8 Å². The quantitative estimate of drug-likeness (QED) is 0.493. The van der Waals surface area contributed by atoms with Crippen molar-refractivity contribution in [1.82, 2.24) is 0 Å². The summed E-state index contributed by atoms with van der Waals surface area (Å²) in [6, 6.07) is 18.2. The highest BCUT2D eigenvalue weighted by Crippen LogP contribution is 2.35. The number of aromatic nitrogens is 1. The molecule has 4 rings (SSSR count). The lowest BCUT2D eigenvalue weighted by Gasteiger charge is -2.04. The van der Waals surface area contributed by atoms with Crippen LogP contribution in [-0.2, 0) is 7.05 Å². The van der Waals surface area contributed by atoms with E-state index in [1.165, 1.54) is 0 Å². The van der Waals surface area contributed by atoms with Crippen molar-refractivity contribution in [3.63, 3.8) is 0 Å². The molecule has 110 valence electrons. The van der Waals surface area contributed by atoms with Gasteiger partial charge in [-0.15, -0.1) is 0 Å². The molecule has 0 atom stereocenters. The standard InChI is InChI=1S/C20H15N2O/c1-13-10-16-19(11-15(13)17-7-3-4-9-22(17)2)23-18-8-5-6-14(12-21)20(16)18/h3-11H,1-2H3/q+1. The Kier molecular flexibility index (Phi) is 2.92. The van der Waals surface area contributed by atoms with E-state index in [9.17, 15) is 5.26 Å². The summed E-state index contributed by atoms with van der Waals surface area (Å²) in [4.78, 5) is 0. The van der Waals surface area contributed by atoms with Crippen LogP contribution in [0.3, 0.4) is 0 Å². The maximum atomic E-state index is 9.36. The minimum absolute atomic E-state index is 0.652. The predicted octanol–water partition coefficient (Wildman–Crippen LogP) is 4.26. The van der Waals surface area contributed by atoms with Crippen LogP contribution >= 0.6 is 0 Å². The van der Waals surface area contributed by atoms with Gasteiger partial charge in [-0.25, -0.2) is 4.57 Å². The van der Waals surface area contributed by atoms with Crippen molar-refractivity contribution in [3.05, 3.63) is 65.9 Å². The summed E-state index contributed by atoms with van der Waals surface area (Å²) in [5.74, 6) is 0. The lowest BCUT2D eigenvalue weighted by atomic mass is 10.00.